The van der Waals surface area contributed by atoms with E-state index in [1.165, 1.54) is 6.42 Å². The topological polar surface area (TPSA) is 64.7 Å². The molecule has 0 bridgehead atoms. The molecule has 80 valence electrons. The number of nitrogens with two attached hydrogens (primary N) is 1. The zero-order valence-corrected chi connectivity index (χ0v) is 8.56. The van der Waals surface area contributed by atoms with Crippen molar-refractivity contribution in [2.45, 2.75) is 49.6 Å². The first kappa shape index (κ1) is 10.4. The Morgan fingerprint density at radius 1 is 1.50 bits per heavy atom. The van der Waals surface area contributed by atoms with E-state index >= 15 is 0 Å². The van der Waals surface area contributed by atoms with Crippen LogP contribution in [0.3, 0.4) is 0 Å². The van der Waals surface area contributed by atoms with Crippen molar-refractivity contribution in [3.63, 3.8) is 0 Å². The maximum atomic E-state index is 9.75. The van der Waals surface area contributed by atoms with Gasteiger partial charge in [-0.05, 0) is 25.1 Å². The minimum Gasteiger partial charge on any atom is -0.391 e. The van der Waals surface area contributed by atoms with Crippen molar-refractivity contribution >= 4 is 7.85 Å². The van der Waals surface area contributed by atoms with E-state index in [4.69, 9.17) is 15.2 Å². The smallest absolute Gasteiger partial charge is 0.113 e. The van der Waals surface area contributed by atoms with Gasteiger partial charge in [0.1, 0.15) is 20.2 Å². The summed E-state index contributed by atoms with van der Waals surface area (Å²) >= 11 is 0. The van der Waals surface area contributed by atoms with E-state index in [2.05, 4.69) is 0 Å². The highest BCUT2D eigenvalue weighted by Gasteiger charge is 2.39. The van der Waals surface area contributed by atoms with E-state index in [9.17, 15) is 5.11 Å². The fourth-order valence-electron chi connectivity index (χ4n) is 1.85. The Kier molecular flexibility index (Phi) is 3.12. The number of hydrogen-bond donors (Lipinski definition) is 2. The first-order valence-electron chi connectivity index (χ1n) is 5.39. The van der Waals surface area contributed by atoms with Crippen LogP contribution in [0.15, 0.2) is 0 Å². The van der Waals surface area contributed by atoms with E-state index in [1.807, 2.05) is 7.85 Å². The van der Waals surface area contributed by atoms with E-state index < -0.39 is 6.10 Å². The Labute approximate surface area is 85.2 Å². The van der Waals surface area contributed by atoms with Crippen molar-refractivity contribution in [1.29, 1.82) is 0 Å². The second-order valence-corrected chi connectivity index (χ2v) is 4.38. The molecule has 0 aromatic heterocycles. The number of hydrogen-bond acceptors (Lipinski definition) is 4. The minimum absolute atomic E-state index is 0.00462. The third kappa shape index (κ3) is 1.96. The second kappa shape index (κ2) is 4.19. The molecular formula is C9H18BNO3. The van der Waals surface area contributed by atoms with Crippen molar-refractivity contribution < 1.29 is 14.6 Å². The molecule has 1 saturated carbocycles. The maximum absolute atomic E-state index is 9.75. The van der Waals surface area contributed by atoms with Crippen LogP contribution in [-0.4, -0.2) is 44.1 Å². The van der Waals surface area contributed by atoms with Crippen LogP contribution in [0.5, 0.6) is 0 Å². The lowest BCUT2D eigenvalue weighted by molar-refractivity contribution is -0.0817. The average molecular weight is 199 g/mol. The standard InChI is InChI=1S/C9H18BNO3/c10-7-8(12)6(14-9(7)11)4-13-5-2-1-3-5/h5-9,12H,1-4,10-11H2. The van der Waals surface area contributed by atoms with Crippen molar-refractivity contribution in [2.75, 3.05) is 6.61 Å². The van der Waals surface area contributed by atoms with Crippen LogP contribution in [0, 0.1) is 0 Å². The summed E-state index contributed by atoms with van der Waals surface area (Å²) in [5.74, 6) is 0.00462. The summed E-state index contributed by atoms with van der Waals surface area (Å²) in [4.78, 5) is 0. The highest BCUT2D eigenvalue weighted by molar-refractivity contribution is 6.12. The number of aliphatic hydroxyl groups excluding tert-OH is 1. The Morgan fingerprint density at radius 3 is 2.64 bits per heavy atom. The van der Waals surface area contributed by atoms with Crippen LogP contribution in [0.2, 0.25) is 5.82 Å². The molecule has 1 heterocycles. The first-order chi connectivity index (χ1) is 6.68. The van der Waals surface area contributed by atoms with Gasteiger partial charge in [-0.2, -0.15) is 0 Å². The summed E-state index contributed by atoms with van der Waals surface area (Å²) in [5, 5.41) is 9.75. The predicted octanol–water partition coefficient (Wildman–Crippen LogP) is -0.978. The van der Waals surface area contributed by atoms with Crippen LogP contribution in [0.25, 0.3) is 0 Å². The molecule has 4 nitrogen and oxygen atoms in total. The molecular weight excluding hydrogens is 181 g/mol. The number of ether oxygens (including phenoxy) is 2. The molecule has 4 unspecified atom stereocenters. The lowest BCUT2D eigenvalue weighted by atomic mass is 9.81. The molecule has 0 aromatic carbocycles. The third-order valence-corrected chi connectivity index (χ3v) is 3.32. The van der Waals surface area contributed by atoms with Gasteiger partial charge in [-0.1, -0.05) is 0 Å². The van der Waals surface area contributed by atoms with Crippen LogP contribution in [-0.2, 0) is 9.47 Å². The van der Waals surface area contributed by atoms with Gasteiger partial charge in [-0.3, -0.25) is 0 Å². The summed E-state index contributed by atoms with van der Waals surface area (Å²) in [7, 11) is 1.90. The zero-order valence-electron chi connectivity index (χ0n) is 8.56. The molecule has 0 spiro atoms. The fourth-order valence-corrected chi connectivity index (χ4v) is 1.85. The van der Waals surface area contributed by atoms with Gasteiger partial charge in [0.15, 0.2) is 0 Å². The Morgan fingerprint density at radius 2 is 2.21 bits per heavy atom. The molecule has 14 heavy (non-hydrogen) atoms. The number of rotatable bonds is 3. The fraction of sp³-hybridized carbons (Fsp3) is 1.00. The van der Waals surface area contributed by atoms with Gasteiger partial charge < -0.3 is 20.3 Å². The highest BCUT2D eigenvalue weighted by Crippen LogP contribution is 2.28. The summed E-state index contributed by atoms with van der Waals surface area (Å²) in [6.45, 7) is 0.476. The van der Waals surface area contributed by atoms with Gasteiger partial charge in [0.05, 0.1) is 18.8 Å². The third-order valence-electron chi connectivity index (χ3n) is 3.32. The molecule has 3 N–H and O–H groups in total. The van der Waals surface area contributed by atoms with Crippen molar-refractivity contribution in [3.8, 4) is 0 Å². The molecule has 2 aliphatic rings. The zero-order chi connectivity index (χ0) is 10.1. The SMILES string of the molecule is BC1C(N)OC(COC2CCC2)C1O. The number of aliphatic hydroxyl groups is 1. The largest absolute Gasteiger partial charge is 0.391 e. The lowest BCUT2D eigenvalue weighted by Gasteiger charge is -2.27. The normalized spacial score (nSPS) is 43.9. The minimum atomic E-state index is -0.481. The molecule has 0 aromatic rings. The molecule has 0 radical (unpaired) electrons. The molecule has 0 amide bonds. The maximum Gasteiger partial charge on any atom is 0.113 e. The molecule has 2 fully saturated rings. The van der Waals surface area contributed by atoms with Gasteiger partial charge in [-0.25, -0.2) is 0 Å². The van der Waals surface area contributed by atoms with Gasteiger partial charge in [-0.15, -0.1) is 0 Å². The van der Waals surface area contributed by atoms with Gasteiger partial charge in [0, 0.05) is 0 Å². The molecule has 2 rings (SSSR count). The van der Waals surface area contributed by atoms with Crippen LogP contribution < -0.4 is 5.73 Å². The Bertz CT molecular complexity index is 200. The van der Waals surface area contributed by atoms with Crippen molar-refractivity contribution in [3.05, 3.63) is 0 Å². The monoisotopic (exact) mass is 199 g/mol. The molecule has 1 aliphatic carbocycles. The Balaban J connectivity index is 1.74. The quantitative estimate of drug-likeness (QED) is 0.573. The van der Waals surface area contributed by atoms with E-state index in [1.54, 1.807) is 0 Å². The van der Waals surface area contributed by atoms with Gasteiger partial charge in [0.25, 0.3) is 0 Å². The van der Waals surface area contributed by atoms with Crippen LogP contribution in [0.4, 0.5) is 0 Å². The summed E-state index contributed by atoms with van der Waals surface area (Å²) in [5.41, 5.74) is 5.67. The summed E-state index contributed by atoms with van der Waals surface area (Å²) in [6.07, 6.45) is 2.87. The molecule has 5 heteroatoms. The van der Waals surface area contributed by atoms with Crippen molar-refractivity contribution in [1.82, 2.24) is 0 Å². The van der Waals surface area contributed by atoms with Gasteiger partial charge in [0.2, 0.25) is 0 Å². The van der Waals surface area contributed by atoms with Crippen LogP contribution >= 0.6 is 0 Å². The average Bonchev–Trinajstić information content (AvgIpc) is 2.31. The van der Waals surface area contributed by atoms with Crippen LogP contribution in [0.1, 0.15) is 19.3 Å². The van der Waals surface area contributed by atoms with Gasteiger partial charge >= 0.3 is 0 Å². The van der Waals surface area contributed by atoms with E-state index in [-0.39, 0.29) is 18.1 Å². The van der Waals surface area contributed by atoms with E-state index in [0.29, 0.717) is 12.7 Å². The lowest BCUT2D eigenvalue weighted by Crippen LogP contribution is -2.32. The molecule has 4 atom stereocenters. The first-order valence-corrected chi connectivity index (χ1v) is 5.39. The summed E-state index contributed by atoms with van der Waals surface area (Å²) in [6, 6.07) is 0. The molecule has 1 aliphatic heterocycles. The Hall–Kier alpha value is -0.0951. The molecule has 1 saturated heterocycles. The van der Waals surface area contributed by atoms with E-state index in [0.717, 1.165) is 12.8 Å². The predicted molar refractivity (Wildman–Crippen MR) is 54.7 cm³/mol. The van der Waals surface area contributed by atoms with Crippen molar-refractivity contribution in [2.24, 2.45) is 5.73 Å². The highest BCUT2D eigenvalue weighted by atomic mass is 16.6. The summed E-state index contributed by atoms with van der Waals surface area (Å²) < 4.78 is 11.0. The second-order valence-electron chi connectivity index (χ2n) is 4.38.